The predicted molar refractivity (Wildman–Crippen MR) is 60.4 cm³/mol. The van der Waals surface area contributed by atoms with Crippen molar-refractivity contribution in [3.63, 3.8) is 0 Å². The first-order valence-corrected chi connectivity index (χ1v) is 5.34. The molecule has 0 aliphatic carbocycles. The molecule has 1 saturated heterocycles. The van der Waals surface area contributed by atoms with E-state index in [1.807, 2.05) is 18.2 Å². The molecule has 0 saturated carbocycles. The number of rotatable bonds is 3. The second kappa shape index (κ2) is 5.10. The number of ether oxygens (including phenoxy) is 1. The van der Waals surface area contributed by atoms with E-state index < -0.39 is 0 Å². The summed E-state index contributed by atoms with van der Waals surface area (Å²) in [5.74, 6) is 0.398. The molecule has 2 heteroatoms. The van der Waals surface area contributed by atoms with Crippen LogP contribution >= 0.6 is 0 Å². The summed E-state index contributed by atoms with van der Waals surface area (Å²) in [6.45, 7) is 1.69. The lowest BCUT2D eigenvalue weighted by Gasteiger charge is -2.07. The van der Waals surface area contributed by atoms with E-state index in [-0.39, 0.29) is 6.61 Å². The summed E-state index contributed by atoms with van der Waals surface area (Å²) in [5, 5.41) is 8.93. The van der Waals surface area contributed by atoms with Crippen molar-refractivity contribution in [1.82, 2.24) is 0 Å². The molecule has 2 nitrogen and oxygen atoms in total. The molecule has 80 valence electrons. The molecule has 1 atom stereocenters. The van der Waals surface area contributed by atoms with Gasteiger partial charge in [0.25, 0.3) is 0 Å². The van der Waals surface area contributed by atoms with Crippen LogP contribution in [0.4, 0.5) is 0 Å². The third-order valence-corrected chi connectivity index (χ3v) is 2.74. The second-order valence-corrected chi connectivity index (χ2v) is 3.85. The number of hydrogen-bond donors (Lipinski definition) is 1. The summed E-state index contributed by atoms with van der Waals surface area (Å²) >= 11 is 0. The number of hydrogen-bond acceptors (Lipinski definition) is 2. The normalized spacial score (nSPS) is 23.5. The molecular formula is C13H16O2. The summed E-state index contributed by atoms with van der Waals surface area (Å²) in [5.41, 5.74) is 2.51. The highest BCUT2D eigenvalue weighted by Crippen LogP contribution is 2.24. The fraction of sp³-hybridized carbons (Fsp3) is 0.385. The summed E-state index contributed by atoms with van der Waals surface area (Å²) < 4.78 is 5.42. The van der Waals surface area contributed by atoms with Crippen molar-refractivity contribution >= 4 is 6.08 Å². The molecule has 15 heavy (non-hydrogen) atoms. The van der Waals surface area contributed by atoms with Crippen LogP contribution in [0.25, 0.3) is 6.08 Å². The van der Waals surface area contributed by atoms with Gasteiger partial charge < -0.3 is 9.84 Å². The molecule has 1 fully saturated rings. The molecule has 1 unspecified atom stereocenters. The average Bonchev–Trinajstić information content (AvgIpc) is 2.68. The van der Waals surface area contributed by atoms with Crippen molar-refractivity contribution in [3.05, 3.63) is 41.5 Å². The van der Waals surface area contributed by atoms with Gasteiger partial charge in [-0.05, 0) is 17.6 Å². The lowest BCUT2D eigenvalue weighted by molar-refractivity contribution is 0.176. The Bertz CT molecular complexity index is 330. The van der Waals surface area contributed by atoms with Crippen molar-refractivity contribution in [2.75, 3.05) is 19.8 Å². The van der Waals surface area contributed by atoms with Crippen LogP contribution < -0.4 is 0 Å². The highest BCUT2D eigenvalue weighted by atomic mass is 16.5. The number of benzene rings is 1. The van der Waals surface area contributed by atoms with Crippen LogP contribution in [-0.2, 0) is 4.74 Å². The molecule has 0 aromatic heterocycles. The van der Waals surface area contributed by atoms with Gasteiger partial charge in [0.2, 0.25) is 0 Å². The van der Waals surface area contributed by atoms with E-state index in [0.717, 1.165) is 13.0 Å². The number of aliphatic hydroxyl groups is 1. The highest BCUT2D eigenvalue weighted by molar-refractivity contribution is 5.53. The van der Waals surface area contributed by atoms with E-state index in [0.29, 0.717) is 12.5 Å². The monoisotopic (exact) mass is 204 g/mol. The van der Waals surface area contributed by atoms with E-state index in [2.05, 4.69) is 18.2 Å². The summed E-state index contributed by atoms with van der Waals surface area (Å²) in [6, 6.07) is 10.2. The third-order valence-electron chi connectivity index (χ3n) is 2.74. The SMILES string of the molecule is OCCC1COC/C1=C/c1ccccc1. The molecule has 1 aliphatic heterocycles. The lowest BCUT2D eigenvalue weighted by atomic mass is 9.97. The maximum Gasteiger partial charge on any atom is 0.0683 e. The van der Waals surface area contributed by atoms with Gasteiger partial charge in [-0.25, -0.2) is 0 Å². The van der Waals surface area contributed by atoms with E-state index in [4.69, 9.17) is 9.84 Å². The van der Waals surface area contributed by atoms with Crippen molar-refractivity contribution in [3.8, 4) is 0 Å². The van der Waals surface area contributed by atoms with Gasteiger partial charge in [-0.1, -0.05) is 36.4 Å². The maximum absolute atomic E-state index is 8.93. The molecule has 0 amide bonds. The van der Waals surface area contributed by atoms with Gasteiger partial charge in [-0.3, -0.25) is 0 Å². The van der Waals surface area contributed by atoms with Crippen LogP contribution in [0.3, 0.4) is 0 Å². The molecule has 1 aliphatic rings. The Morgan fingerprint density at radius 2 is 2.13 bits per heavy atom. The van der Waals surface area contributed by atoms with E-state index in [1.165, 1.54) is 11.1 Å². The summed E-state index contributed by atoms with van der Waals surface area (Å²) in [6.07, 6.45) is 2.98. The molecule has 1 N–H and O–H groups in total. The first-order chi connectivity index (χ1) is 7.40. The van der Waals surface area contributed by atoms with Crippen LogP contribution in [0.15, 0.2) is 35.9 Å². The summed E-state index contributed by atoms with van der Waals surface area (Å²) in [7, 11) is 0. The Hall–Kier alpha value is -1.12. The number of aliphatic hydroxyl groups excluding tert-OH is 1. The first kappa shape index (κ1) is 10.4. The smallest absolute Gasteiger partial charge is 0.0683 e. The predicted octanol–water partition coefficient (Wildman–Crippen LogP) is 2.10. The van der Waals surface area contributed by atoms with Crippen molar-refractivity contribution < 1.29 is 9.84 Å². The molecule has 1 aromatic rings. The Kier molecular flexibility index (Phi) is 3.54. The molecule has 0 radical (unpaired) electrons. The quantitative estimate of drug-likeness (QED) is 0.817. The largest absolute Gasteiger partial charge is 0.396 e. The van der Waals surface area contributed by atoms with Crippen molar-refractivity contribution in [2.24, 2.45) is 5.92 Å². The standard InChI is InChI=1S/C13H16O2/c14-7-6-12-9-15-10-13(12)8-11-4-2-1-3-5-11/h1-5,8,12,14H,6-7,9-10H2/b13-8-. The van der Waals surface area contributed by atoms with Gasteiger partial charge >= 0.3 is 0 Å². The van der Waals surface area contributed by atoms with Crippen LogP contribution in [0.5, 0.6) is 0 Å². The fourth-order valence-electron chi connectivity index (χ4n) is 1.89. The van der Waals surface area contributed by atoms with E-state index in [1.54, 1.807) is 0 Å². The molecule has 1 heterocycles. The van der Waals surface area contributed by atoms with Gasteiger partial charge in [0.1, 0.15) is 0 Å². The second-order valence-electron chi connectivity index (χ2n) is 3.85. The highest BCUT2D eigenvalue weighted by Gasteiger charge is 2.20. The lowest BCUT2D eigenvalue weighted by Crippen LogP contribution is -2.04. The van der Waals surface area contributed by atoms with Crippen LogP contribution in [0, 0.1) is 5.92 Å². The molecular weight excluding hydrogens is 188 g/mol. The van der Waals surface area contributed by atoms with E-state index in [9.17, 15) is 0 Å². The molecule has 0 bridgehead atoms. The maximum atomic E-state index is 8.93. The third kappa shape index (κ3) is 2.67. The molecule has 1 aromatic carbocycles. The Balaban J connectivity index is 2.12. The average molecular weight is 204 g/mol. The Morgan fingerprint density at radius 1 is 1.33 bits per heavy atom. The molecule has 2 rings (SSSR count). The zero-order valence-corrected chi connectivity index (χ0v) is 8.73. The van der Waals surface area contributed by atoms with E-state index >= 15 is 0 Å². The van der Waals surface area contributed by atoms with Gasteiger partial charge in [0.15, 0.2) is 0 Å². The molecule has 0 spiro atoms. The van der Waals surface area contributed by atoms with Gasteiger partial charge in [-0.15, -0.1) is 0 Å². The van der Waals surface area contributed by atoms with Crippen molar-refractivity contribution in [2.45, 2.75) is 6.42 Å². The minimum atomic E-state index is 0.236. The minimum Gasteiger partial charge on any atom is -0.396 e. The fourth-order valence-corrected chi connectivity index (χ4v) is 1.89. The Labute approximate surface area is 90.2 Å². The Morgan fingerprint density at radius 3 is 2.87 bits per heavy atom. The zero-order valence-electron chi connectivity index (χ0n) is 8.73. The van der Waals surface area contributed by atoms with Crippen LogP contribution in [0.2, 0.25) is 0 Å². The summed E-state index contributed by atoms with van der Waals surface area (Å²) in [4.78, 5) is 0. The topological polar surface area (TPSA) is 29.5 Å². The minimum absolute atomic E-state index is 0.236. The van der Waals surface area contributed by atoms with Gasteiger partial charge in [-0.2, -0.15) is 0 Å². The van der Waals surface area contributed by atoms with Gasteiger partial charge in [0, 0.05) is 12.5 Å². The first-order valence-electron chi connectivity index (χ1n) is 5.34. The zero-order chi connectivity index (χ0) is 10.5. The van der Waals surface area contributed by atoms with Crippen LogP contribution in [-0.4, -0.2) is 24.9 Å². The van der Waals surface area contributed by atoms with Crippen molar-refractivity contribution in [1.29, 1.82) is 0 Å². The van der Waals surface area contributed by atoms with Gasteiger partial charge in [0.05, 0.1) is 13.2 Å². The van der Waals surface area contributed by atoms with Crippen LogP contribution in [0.1, 0.15) is 12.0 Å².